The first-order valence-electron chi connectivity index (χ1n) is 6.02. The van der Waals surface area contributed by atoms with Gasteiger partial charge in [-0.1, -0.05) is 0 Å². The van der Waals surface area contributed by atoms with Gasteiger partial charge in [-0.05, 0) is 24.3 Å². The molecule has 0 amide bonds. The molecule has 0 aliphatic carbocycles. The van der Waals surface area contributed by atoms with Crippen molar-refractivity contribution >= 4 is 16.3 Å². The highest BCUT2D eigenvalue weighted by Crippen LogP contribution is 2.25. The topological polar surface area (TPSA) is 46.8 Å². The van der Waals surface area contributed by atoms with Gasteiger partial charge in [0.15, 0.2) is 4.96 Å². The molecule has 0 fully saturated rings. The molecule has 5 heteroatoms. The van der Waals surface area contributed by atoms with Gasteiger partial charge in [0.25, 0.3) is 0 Å². The van der Waals surface area contributed by atoms with Crippen molar-refractivity contribution in [3.05, 3.63) is 41.5 Å². The molecule has 19 heavy (non-hydrogen) atoms. The molecule has 0 saturated heterocycles. The second kappa shape index (κ2) is 5.03. The smallest absolute Gasteiger partial charge is 0.194 e. The quantitative estimate of drug-likeness (QED) is 0.795. The molecule has 3 aromatic rings. The predicted octanol–water partition coefficient (Wildman–Crippen LogP) is 2.61. The Hall–Kier alpha value is -1.85. The standard InChI is InChI=1S/C14H14N2O2S/c1-18-12-4-2-10(3-5-12)13-8-16-11(6-7-17)9-19-14(16)15-13/h2-5,8-9,17H,6-7H2,1H3. The van der Waals surface area contributed by atoms with Crippen molar-refractivity contribution in [2.24, 2.45) is 0 Å². The van der Waals surface area contributed by atoms with E-state index < -0.39 is 0 Å². The summed E-state index contributed by atoms with van der Waals surface area (Å²) in [5.41, 5.74) is 3.09. The van der Waals surface area contributed by atoms with Gasteiger partial charge in [-0.3, -0.25) is 4.40 Å². The van der Waals surface area contributed by atoms with Crippen LogP contribution in [0.5, 0.6) is 5.75 Å². The van der Waals surface area contributed by atoms with E-state index in [-0.39, 0.29) is 6.61 Å². The lowest BCUT2D eigenvalue weighted by atomic mass is 10.2. The maximum atomic E-state index is 9.04. The molecule has 0 saturated carbocycles. The summed E-state index contributed by atoms with van der Waals surface area (Å²) in [6, 6.07) is 7.85. The minimum absolute atomic E-state index is 0.155. The Labute approximate surface area is 114 Å². The molecule has 0 spiro atoms. The lowest BCUT2D eigenvalue weighted by molar-refractivity contribution is 0.298. The number of hydrogen-bond donors (Lipinski definition) is 1. The van der Waals surface area contributed by atoms with Crippen LogP contribution in [0.4, 0.5) is 0 Å². The molecule has 0 bridgehead atoms. The second-order valence-electron chi connectivity index (χ2n) is 4.21. The number of aromatic nitrogens is 2. The molecule has 0 atom stereocenters. The fraction of sp³-hybridized carbons (Fsp3) is 0.214. The summed E-state index contributed by atoms with van der Waals surface area (Å²) in [4.78, 5) is 5.55. The van der Waals surface area contributed by atoms with Crippen LogP contribution in [-0.2, 0) is 6.42 Å². The molecule has 4 nitrogen and oxygen atoms in total. The minimum Gasteiger partial charge on any atom is -0.497 e. The maximum Gasteiger partial charge on any atom is 0.194 e. The average molecular weight is 274 g/mol. The van der Waals surface area contributed by atoms with Crippen LogP contribution in [0.25, 0.3) is 16.2 Å². The van der Waals surface area contributed by atoms with E-state index >= 15 is 0 Å². The van der Waals surface area contributed by atoms with Crippen LogP contribution in [-0.4, -0.2) is 28.2 Å². The van der Waals surface area contributed by atoms with Gasteiger partial charge in [0.1, 0.15) is 5.75 Å². The van der Waals surface area contributed by atoms with Crippen molar-refractivity contribution in [2.45, 2.75) is 6.42 Å². The molecule has 1 aromatic carbocycles. The molecule has 1 N–H and O–H groups in total. The highest BCUT2D eigenvalue weighted by atomic mass is 32.1. The van der Waals surface area contributed by atoms with E-state index in [4.69, 9.17) is 9.84 Å². The molecule has 0 aliphatic rings. The number of benzene rings is 1. The van der Waals surface area contributed by atoms with Gasteiger partial charge in [-0.15, -0.1) is 11.3 Å². The first-order valence-corrected chi connectivity index (χ1v) is 6.90. The molecule has 98 valence electrons. The summed E-state index contributed by atoms with van der Waals surface area (Å²) < 4.78 is 7.19. The fourth-order valence-electron chi connectivity index (χ4n) is 2.02. The number of fused-ring (bicyclic) bond motifs is 1. The number of ether oxygens (including phenoxy) is 1. The predicted molar refractivity (Wildman–Crippen MR) is 75.8 cm³/mol. The lowest BCUT2D eigenvalue weighted by Crippen LogP contribution is -1.93. The number of imidazole rings is 1. The summed E-state index contributed by atoms with van der Waals surface area (Å²) in [5, 5.41) is 11.1. The summed E-state index contributed by atoms with van der Waals surface area (Å²) >= 11 is 1.59. The average Bonchev–Trinajstić information content (AvgIpc) is 3.01. The van der Waals surface area contributed by atoms with Crippen LogP contribution in [0.1, 0.15) is 5.69 Å². The zero-order valence-electron chi connectivity index (χ0n) is 10.5. The monoisotopic (exact) mass is 274 g/mol. The van der Waals surface area contributed by atoms with E-state index in [1.54, 1.807) is 18.4 Å². The Balaban J connectivity index is 1.99. The molecular weight excluding hydrogens is 260 g/mol. The number of hydrogen-bond acceptors (Lipinski definition) is 4. The highest BCUT2D eigenvalue weighted by Gasteiger charge is 2.09. The summed E-state index contributed by atoms with van der Waals surface area (Å²) in [6.45, 7) is 0.155. The van der Waals surface area contributed by atoms with Gasteiger partial charge in [0.2, 0.25) is 0 Å². The summed E-state index contributed by atoms with van der Waals surface area (Å²) in [6.07, 6.45) is 2.66. The molecular formula is C14H14N2O2S. The first-order chi connectivity index (χ1) is 9.31. The molecule has 3 rings (SSSR count). The van der Waals surface area contributed by atoms with Crippen molar-refractivity contribution in [1.82, 2.24) is 9.38 Å². The number of methoxy groups -OCH3 is 1. The Bertz CT molecular complexity index is 685. The van der Waals surface area contributed by atoms with Gasteiger partial charge < -0.3 is 9.84 Å². The number of thiazole rings is 1. The molecule has 2 aromatic heterocycles. The maximum absolute atomic E-state index is 9.04. The number of aliphatic hydroxyl groups excluding tert-OH is 1. The summed E-state index contributed by atoms with van der Waals surface area (Å²) in [5.74, 6) is 0.839. The normalized spacial score (nSPS) is 11.1. The van der Waals surface area contributed by atoms with Gasteiger partial charge in [0.05, 0.1) is 12.8 Å². The number of aliphatic hydroxyl groups is 1. The molecule has 2 heterocycles. The van der Waals surface area contributed by atoms with Crippen molar-refractivity contribution in [3.8, 4) is 17.0 Å². The van der Waals surface area contributed by atoms with Crippen molar-refractivity contribution in [1.29, 1.82) is 0 Å². The van der Waals surface area contributed by atoms with E-state index in [0.29, 0.717) is 6.42 Å². The molecule has 0 aliphatic heterocycles. The van der Waals surface area contributed by atoms with E-state index in [1.807, 2.05) is 40.2 Å². The largest absolute Gasteiger partial charge is 0.497 e. The highest BCUT2D eigenvalue weighted by molar-refractivity contribution is 7.15. The van der Waals surface area contributed by atoms with Crippen LogP contribution in [0.15, 0.2) is 35.8 Å². The van der Waals surface area contributed by atoms with Gasteiger partial charge in [0, 0.05) is 35.9 Å². The molecule has 0 radical (unpaired) electrons. The van der Waals surface area contributed by atoms with Gasteiger partial charge >= 0.3 is 0 Å². The van der Waals surface area contributed by atoms with E-state index in [2.05, 4.69) is 4.98 Å². The van der Waals surface area contributed by atoms with Crippen molar-refractivity contribution < 1.29 is 9.84 Å². The number of nitrogens with zero attached hydrogens (tertiary/aromatic N) is 2. The van der Waals surface area contributed by atoms with Gasteiger partial charge in [-0.25, -0.2) is 4.98 Å². The lowest BCUT2D eigenvalue weighted by Gasteiger charge is -2.00. The van der Waals surface area contributed by atoms with Crippen molar-refractivity contribution in [3.63, 3.8) is 0 Å². The first kappa shape index (κ1) is 12.2. The van der Waals surface area contributed by atoms with E-state index in [0.717, 1.165) is 27.7 Å². The number of rotatable bonds is 4. The second-order valence-corrected chi connectivity index (χ2v) is 5.04. The van der Waals surface area contributed by atoms with Crippen LogP contribution < -0.4 is 4.74 Å². The third-order valence-electron chi connectivity index (χ3n) is 3.04. The minimum atomic E-state index is 0.155. The fourth-order valence-corrected chi connectivity index (χ4v) is 2.93. The Morgan fingerprint density at radius 2 is 2.11 bits per heavy atom. The Kier molecular flexibility index (Phi) is 3.23. The van der Waals surface area contributed by atoms with Crippen LogP contribution in [0.2, 0.25) is 0 Å². The third kappa shape index (κ3) is 2.22. The zero-order valence-corrected chi connectivity index (χ0v) is 11.4. The Morgan fingerprint density at radius 3 is 2.79 bits per heavy atom. The van der Waals surface area contributed by atoms with Crippen LogP contribution in [0.3, 0.4) is 0 Å². The van der Waals surface area contributed by atoms with Crippen LogP contribution >= 0.6 is 11.3 Å². The zero-order chi connectivity index (χ0) is 13.2. The molecule has 0 unspecified atom stereocenters. The Morgan fingerprint density at radius 1 is 1.32 bits per heavy atom. The third-order valence-corrected chi connectivity index (χ3v) is 3.93. The van der Waals surface area contributed by atoms with E-state index in [1.165, 1.54) is 0 Å². The van der Waals surface area contributed by atoms with Gasteiger partial charge in [-0.2, -0.15) is 0 Å². The summed E-state index contributed by atoms with van der Waals surface area (Å²) in [7, 11) is 1.66. The van der Waals surface area contributed by atoms with E-state index in [9.17, 15) is 0 Å². The van der Waals surface area contributed by atoms with Crippen molar-refractivity contribution in [2.75, 3.05) is 13.7 Å². The van der Waals surface area contributed by atoms with Crippen LogP contribution in [0, 0.1) is 0 Å². The SMILES string of the molecule is COc1ccc(-c2cn3c(CCO)csc3n2)cc1.